The van der Waals surface area contributed by atoms with Crippen molar-refractivity contribution in [1.29, 1.82) is 0 Å². The second kappa shape index (κ2) is 4.20. The fourth-order valence-corrected chi connectivity index (χ4v) is 3.69. The molecule has 16 heavy (non-hydrogen) atoms. The highest BCUT2D eigenvalue weighted by Gasteiger charge is 2.55. The molecule has 0 bridgehead atoms. The van der Waals surface area contributed by atoms with E-state index in [0.29, 0.717) is 5.25 Å². The van der Waals surface area contributed by atoms with Crippen LogP contribution in [0.5, 0.6) is 0 Å². The Morgan fingerprint density at radius 2 is 2.00 bits per heavy atom. The van der Waals surface area contributed by atoms with E-state index in [9.17, 15) is 4.79 Å². The van der Waals surface area contributed by atoms with Gasteiger partial charge < -0.3 is 14.2 Å². The third-order valence-electron chi connectivity index (χ3n) is 2.79. The quantitative estimate of drug-likeness (QED) is 0.696. The highest BCUT2D eigenvalue weighted by atomic mass is 32.2. The molecule has 0 radical (unpaired) electrons. The SMILES string of the molecule is CC[C@H]1SC(OC(C)=O)[C@@H]2OC(C)(C)O[C@H]12. The van der Waals surface area contributed by atoms with Gasteiger partial charge in [-0.1, -0.05) is 6.92 Å². The molecule has 2 saturated heterocycles. The average molecular weight is 246 g/mol. The van der Waals surface area contributed by atoms with Crippen LogP contribution in [0.25, 0.3) is 0 Å². The molecule has 0 spiro atoms. The molecule has 2 heterocycles. The summed E-state index contributed by atoms with van der Waals surface area (Å²) in [6.07, 6.45) is 0.895. The van der Waals surface area contributed by atoms with E-state index in [1.54, 1.807) is 11.8 Å². The number of esters is 1. The normalized spacial score (nSPS) is 40.8. The standard InChI is InChI=1S/C11H18O4S/c1-5-7-8-9(15-11(3,4)14-8)10(16-7)13-6(2)12/h7-10H,5H2,1-4H3/t7-,8-,9-,10?/m1/s1. The van der Waals surface area contributed by atoms with Gasteiger partial charge >= 0.3 is 5.97 Å². The second-order valence-electron chi connectivity index (χ2n) is 4.63. The van der Waals surface area contributed by atoms with E-state index in [1.165, 1.54) is 6.92 Å². The molecule has 2 aliphatic heterocycles. The maximum absolute atomic E-state index is 11.0. The highest BCUT2D eigenvalue weighted by molar-refractivity contribution is 8.00. The minimum absolute atomic E-state index is 0.0364. The van der Waals surface area contributed by atoms with Gasteiger partial charge in [0.25, 0.3) is 0 Å². The minimum Gasteiger partial charge on any atom is -0.449 e. The van der Waals surface area contributed by atoms with Gasteiger partial charge in [-0.2, -0.15) is 0 Å². The van der Waals surface area contributed by atoms with Gasteiger partial charge in [0, 0.05) is 12.2 Å². The number of ether oxygens (including phenoxy) is 3. The van der Waals surface area contributed by atoms with Gasteiger partial charge in [-0.25, -0.2) is 0 Å². The van der Waals surface area contributed by atoms with Crippen molar-refractivity contribution in [3.05, 3.63) is 0 Å². The zero-order chi connectivity index (χ0) is 11.9. The van der Waals surface area contributed by atoms with E-state index in [4.69, 9.17) is 14.2 Å². The van der Waals surface area contributed by atoms with Crippen molar-refractivity contribution in [3.63, 3.8) is 0 Å². The van der Waals surface area contributed by atoms with Gasteiger partial charge in [0.1, 0.15) is 12.2 Å². The third kappa shape index (κ3) is 2.21. The Hall–Kier alpha value is -0.260. The predicted octanol–water partition coefficient (Wildman–Crippen LogP) is 1.92. The Morgan fingerprint density at radius 3 is 2.56 bits per heavy atom. The van der Waals surface area contributed by atoms with Crippen molar-refractivity contribution < 1.29 is 19.0 Å². The van der Waals surface area contributed by atoms with E-state index in [2.05, 4.69) is 6.92 Å². The van der Waals surface area contributed by atoms with Crippen LogP contribution >= 0.6 is 11.8 Å². The summed E-state index contributed by atoms with van der Waals surface area (Å²) >= 11 is 1.64. The Kier molecular flexibility index (Phi) is 3.20. The van der Waals surface area contributed by atoms with Crippen molar-refractivity contribution in [2.75, 3.05) is 0 Å². The first-order valence-corrected chi connectivity index (χ1v) is 6.55. The van der Waals surface area contributed by atoms with E-state index < -0.39 is 5.79 Å². The Bertz CT molecular complexity index is 292. The molecule has 4 atom stereocenters. The molecule has 2 aliphatic rings. The lowest BCUT2D eigenvalue weighted by Gasteiger charge is -2.22. The van der Waals surface area contributed by atoms with Gasteiger partial charge in [0.05, 0.1) is 0 Å². The minimum atomic E-state index is -0.567. The molecule has 1 unspecified atom stereocenters. The summed E-state index contributed by atoms with van der Waals surface area (Å²) in [5.41, 5.74) is -0.228. The first-order chi connectivity index (χ1) is 7.43. The molecule has 5 heteroatoms. The maximum Gasteiger partial charge on any atom is 0.303 e. The van der Waals surface area contributed by atoms with Crippen molar-refractivity contribution in [2.45, 2.75) is 62.8 Å². The van der Waals surface area contributed by atoms with Crippen molar-refractivity contribution in [3.8, 4) is 0 Å². The molecule has 0 aliphatic carbocycles. The molecule has 0 amide bonds. The largest absolute Gasteiger partial charge is 0.449 e. The molecular formula is C11H18O4S. The molecule has 92 valence electrons. The molecule has 2 fully saturated rings. The summed E-state index contributed by atoms with van der Waals surface area (Å²) in [6.45, 7) is 7.33. The smallest absolute Gasteiger partial charge is 0.303 e. The van der Waals surface area contributed by atoms with Gasteiger partial charge in [0.2, 0.25) is 0 Å². The number of carbonyl (C=O) groups excluding carboxylic acids is 1. The average Bonchev–Trinajstić information content (AvgIpc) is 2.60. The summed E-state index contributed by atoms with van der Waals surface area (Å²) < 4.78 is 16.9. The van der Waals surface area contributed by atoms with E-state index in [-0.39, 0.29) is 23.6 Å². The zero-order valence-electron chi connectivity index (χ0n) is 10.1. The van der Waals surface area contributed by atoms with Crippen molar-refractivity contribution in [2.24, 2.45) is 0 Å². The Balaban J connectivity index is 2.11. The first-order valence-electron chi connectivity index (χ1n) is 5.61. The van der Waals surface area contributed by atoms with Crippen LogP contribution in [0.3, 0.4) is 0 Å². The number of hydrogen-bond acceptors (Lipinski definition) is 5. The molecule has 0 N–H and O–H groups in total. The summed E-state index contributed by atoms with van der Waals surface area (Å²) in [6, 6.07) is 0. The van der Waals surface area contributed by atoms with E-state index >= 15 is 0 Å². The lowest BCUT2D eigenvalue weighted by Crippen LogP contribution is -2.31. The Morgan fingerprint density at radius 1 is 1.38 bits per heavy atom. The summed E-state index contributed by atoms with van der Waals surface area (Å²) in [4.78, 5) is 11.0. The Labute approximate surface area is 100 Å². The lowest BCUT2D eigenvalue weighted by atomic mass is 10.1. The first kappa shape index (κ1) is 12.2. The molecule has 0 aromatic carbocycles. The van der Waals surface area contributed by atoms with E-state index in [1.807, 2.05) is 13.8 Å². The number of fused-ring (bicyclic) bond motifs is 1. The summed E-state index contributed by atoms with van der Waals surface area (Å²) in [7, 11) is 0. The fraction of sp³-hybridized carbons (Fsp3) is 0.909. The van der Waals surface area contributed by atoms with Crippen molar-refractivity contribution >= 4 is 17.7 Å². The predicted molar refractivity (Wildman–Crippen MR) is 61.0 cm³/mol. The number of hydrogen-bond donors (Lipinski definition) is 0. The summed E-state index contributed by atoms with van der Waals surface area (Å²) in [5, 5.41) is 0.344. The van der Waals surface area contributed by atoms with Crippen LogP contribution in [-0.2, 0) is 19.0 Å². The topological polar surface area (TPSA) is 44.8 Å². The van der Waals surface area contributed by atoms with Crippen LogP contribution in [0, 0.1) is 0 Å². The number of thioether (sulfide) groups is 1. The van der Waals surface area contributed by atoms with Crippen molar-refractivity contribution in [1.82, 2.24) is 0 Å². The monoisotopic (exact) mass is 246 g/mol. The molecule has 0 aromatic heterocycles. The van der Waals surface area contributed by atoms with Gasteiger partial charge in [0.15, 0.2) is 11.2 Å². The van der Waals surface area contributed by atoms with E-state index in [0.717, 1.165) is 6.42 Å². The number of carbonyl (C=O) groups is 1. The highest BCUT2D eigenvalue weighted by Crippen LogP contribution is 2.47. The molecule has 4 nitrogen and oxygen atoms in total. The van der Waals surface area contributed by atoms with Crippen LogP contribution in [0.2, 0.25) is 0 Å². The van der Waals surface area contributed by atoms with Gasteiger partial charge in [-0.05, 0) is 20.3 Å². The molecule has 2 rings (SSSR count). The number of rotatable bonds is 2. The molecule has 0 saturated carbocycles. The third-order valence-corrected chi connectivity index (χ3v) is 4.38. The zero-order valence-corrected chi connectivity index (χ0v) is 10.9. The molecule has 0 aromatic rings. The summed E-state index contributed by atoms with van der Waals surface area (Å²) in [5.74, 6) is -0.830. The van der Waals surface area contributed by atoms with Crippen LogP contribution in [0.4, 0.5) is 0 Å². The van der Waals surface area contributed by atoms with Crippen LogP contribution < -0.4 is 0 Å². The van der Waals surface area contributed by atoms with Crippen LogP contribution in [0.1, 0.15) is 34.1 Å². The second-order valence-corrected chi connectivity index (χ2v) is 5.97. The molecular weight excluding hydrogens is 228 g/mol. The fourth-order valence-electron chi connectivity index (χ4n) is 2.23. The lowest BCUT2D eigenvalue weighted by molar-refractivity contribution is -0.162. The van der Waals surface area contributed by atoms with Crippen LogP contribution in [-0.4, -0.2) is 34.7 Å². The maximum atomic E-state index is 11.0. The van der Waals surface area contributed by atoms with Crippen LogP contribution in [0.15, 0.2) is 0 Å². The van der Waals surface area contributed by atoms with Gasteiger partial charge in [-0.3, -0.25) is 4.79 Å². The van der Waals surface area contributed by atoms with Gasteiger partial charge in [-0.15, -0.1) is 11.8 Å².